The zero-order chi connectivity index (χ0) is 24.1. The number of rotatable bonds is 8. The molecule has 0 aliphatic carbocycles. The number of anilines is 2. The first-order valence-electron chi connectivity index (χ1n) is 10.8. The number of carbonyl (C=O) groups is 3. The van der Waals surface area contributed by atoms with E-state index in [4.69, 9.17) is 0 Å². The summed E-state index contributed by atoms with van der Waals surface area (Å²) >= 11 is 0. The van der Waals surface area contributed by atoms with E-state index in [0.717, 1.165) is 16.5 Å². The summed E-state index contributed by atoms with van der Waals surface area (Å²) < 4.78 is 1.46. The molecule has 0 radical (unpaired) electrons. The van der Waals surface area contributed by atoms with Crippen LogP contribution in [0, 0.1) is 0 Å². The summed E-state index contributed by atoms with van der Waals surface area (Å²) in [5.41, 5.74) is 3.02. The maximum atomic E-state index is 13.0. The Morgan fingerprint density at radius 3 is 2.32 bits per heavy atom. The van der Waals surface area contributed by atoms with E-state index in [2.05, 4.69) is 31.0 Å². The van der Waals surface area contributed by atoms with Gasteiger partial charge < -0.3 is 20.9 Å². The maximum Gasteiger partial charge on any atom is 0.249 e. The van der Waals surface area contributed by atoms with E-state index in [0.29, 0.717) is 17.8 Å². The van der Waals surface area contributed by atoms with Gasteiger partial charge in [-0.25, -0.2) is 9.67 Å². The quantitative estimate of drug-likeness (QED) is 0.321. The molecule has 174 valence electrons. The standard InChI is InChI=1S/C24H25N7O3/c1-15(31-14-25-13-27-31)23(33)29-18-7-9-19(10-8-18)30-24(34)22(28-16(2)32)11-17-12-26-21-6-4-3-5-20(17)21/h3-10,12-15,22,26H,11H2,1-2H3,(H,28,32)(H,29,33)(H,30,34)/t15-,22+/m1/s1. The van der Waals surface area contributed by atoms with Gasteiger partial charge in [-0.1, -0.05) is 18.2 Å². The molecule has 0 fully saturated rings. The summed E-state index contributed by atoms with van der Waals surface area (Å²) in [6.07, 6.45) is 5.03. The fraction of sp³-hybridized carbons (Fsp3) is 0.208. The van der Waals surface area contributed by atoms with E-state index >= 15 is 0 Å². The highest BCUT2D eigenvalue weighted by Crippen LogP contribution is 2.20. The van der Waals surface area contributed by atoms with Gasteiger partial charge in [0.05, 0.1) is 0 Å². The number of amides is 3. The third-order valence-electron chi connectivity index (χ3n) is 5.43. The highest BCUT2D eigenvalue weighted by molar-refractivity contribution is 5.98. The number of benzene rings is 2. The molecular weight excluding hydrogens is 434 g/mol. The number of fused-ring (bicyclic) bond motifs is 1. The molecule has 0 bridgehead atoms. The second-order valence-electron chi connectivity index (χ2n) is 7.92. The molecule has 4 rings (SSSR count). The first-order valence-corrected chi connectivity index (χ1v) is 10.8. The normalized spacial score (nSPS) is 12.6. The molecule has 2 atom stereocenters. The van der Waals surface area contributed by atoms with Gasteiger partial charge in [0.2, 0.25) is 17.7 Å². The largest absolute Gasteiger partial charge is 0.361 e. The van der Waals surface area contributed by atoms with Gasteiger partial charge >= 0.3 is 0 Å². The Morgan fingerprint density at radius 2 is 1.68 bits per heavy atom. The van der Waals surface area contributed by atoms with Gasteiger partial charge in [0.15, 0.2) is 0 Å². The highest BCUT2D eigenvalue weighted by atomic mass is 16.2. The van der Waals surface area contributed by atoms with Gasteiger partial charge in [-0.15, -0.1) is 0 Å². The summed E-state index contributed by atoms with van der Waals surface area (Å²) in [7, 11) is 0. The molecule has 4 N–H and O–H groups in total. The molecule has 2 aromatic carbocycles. The average molecular weight is 460 g/mol. The Kier molecular flexibility index (Phi) is 6.67. The Morgan fingerprint density at radius 1 is 1.00 bits per heavy atom. The van der Waals surface area contributed by atoms with E-state index in [1.807, 2.05) is 30.5 Å². The lowest BCUT2D eigenvalue weighted by atomic mass is 10.0. The molecule has 2 aromatic heterocycles. The van der Waals surface area contributed by atoms with Crippen LogP contribution in [-0.2, 0) is 20.8 Å². The number of nitrogens with zero attached hydrogens (tertiary/aromatic N) is 3. The average Bonchev–Trinajstić information content (AvgIpc) is 3.50. The van der Waals surface area contributed by atoms with E-state index in [1.165, 1.54) is 24.3 Å². The predicted octanol–water partition coefficient (Wildman–Crippen LogP) is 2.65. The van der Waals surface area contributed by atoms with E-state index < -0.39 is 12.1 Å². The lowest BCUT2D eigenvalue weighted by molar-refractivity contribution is -0.125. The third kappa shape index (κ3) is 5.29. The lowest BCUT2D eigenvalue weighted by Gasteiger charge is -2.18. The van der Waals surface area contributed by atoms with Crippen LogP contribution in [0.2, 0.25) is 0 Å². The number of H-pyrrole nitrogens is 1. The third-order valence-corrected chi connectivity index (χ3v) is 5.43. The molecule has 10 heteroatoms. The van der Waals surface area contributed by atoms with Crippen molar-refractivity contribution in [2.24, 2.45) is 0 Å². The minimum Gasteiger partial charge on any atom is -0.361 e. The number of hydrogen-bond acceptors (Lipinski definition) is 5. The molecule has 34 heavy (non-hydrogen) atoms. The first-order chi connectivity index (χ1) is 16.4. The highest BCUT2D eigenvalue weighted by Gasteiger charge is 2.22. The van der Waals surface area contributed by atoms with E-state index in [9.17, 15) is 14.4 Å². The number of nitrogens with one attached hydrogen (secondary N) is 4. The topological polar surface area (TPSA) is 134 Å². The summed E-state index contributed by atoms with van der Waals surface area (Å²) in [6, 6.07) is 13.3. The van der Waals surface area contributed by atoms with Crippen LogP contribution in [0.1, 0.15) is 25.5 Å². The molecule has 0 aliphatic heterocycles. The molecule has 0 saturated heterocycles. The second-order valence-corrected chi connectivity index (χ2v) is 7.92. The molecule has 3 amide bonds. The van der Waals surface area contributed by atoms with Crippen LogP contribution < -0.4 is 16.0 Å². The van der Waals surface area contributed by atoms with Crippen molar-refractivity contribution in [2.75, 3.05) is 10.6 Å². The number of para-hydroxylation sites is 1. The van der Waals surface area contributed by atoms with Crippen LogP contribution in [0.5, 0.6) is 0 Å². The number of hydrogen-bond donors (Lipinski definition) is 4. The van der Waals surface area contributed by atoms with Crippen molar-refractivity contribution in [1.29, 1.82) is 0 Å². The zero-order valence-corrected chi connectivity index (χ0v) is 18.8. The SMILES string of the molecule is CC(=O)N[C@@H](Cc1c[nH]c2ccccc12)C(=O)Nc1ccc(NC(=O)[C@@H](C)n2cncn2)cc1. The van der Waals surface area contributed by atoms with Crippen molar-refractivity contribution in [3.8, 4) is 0 Å². The smallest absolute Gasteiger partial charge is 0.249 e. The predicted molar refractivity (Wildman–Crippen MR) is 128 cm³/mol. The van der Waals surface area contributed by atoms with Crippen LogP contribution in [0.25, 0.3) is 10.9 Å². The van der Waals surface area contributed by atoms with Crippen molar-refractivity contribution >= 4 is 40.0 Å². The molecule has 0 spiro atoms. The number of aromatic amines is 1. The minimum atomic E-state index is -0.750. The van der Waals surface area contributed by atoms with Gasteiger partial charge in [0.1, 0.15) is 24.7 Å². The van der Waals surface area contributed by atoms with Crippen molar-refractivity contribution < 1.29 is 14.4 Å². The van der Waals surface area contributed by atoms with Crippen molar-refractivity contribution in [1.82, 2.24) is 25.1 Å². The van der Waals surface area contributed by atoms with Crippen LogP contribution in [0.3, 0.4) is 0 Å². The van der Waals surface area contributed by atoms with Gasteiger partial charge in [0, 0.05) is 41.8 Å². The molecule has 2 heterocycles. The monoisotopic (exact) mass is 459 g/mol. The Labute approximate surface area is 195 Å². The molecule has 4 aromatic rings. The Balaban J connectivity index is 1.41. The summed E-state index contributed by atoms with van der Waals surface area (Å²) in [4.78, 5) is 44.1. The van der Waals surface area contributed by atoms with Crippen LogP contribution in [0.4, 0.5) is 11.4 Å². The number of aromatic nitrogens is 4. The molecule has 0 saturated carbocycles. The van der Waals surface area contributed by atoms with Gasteiger partial charge in [-0.05, 0) is 42.8 Å². The van der Waals surface area contributed by atoms with Gasteiger partial charge in [0.25, 0.3) is 0 Å². The molecular formula is C24H25N7O3. The minimum absolute atomic E-state index is 0.244. The van der Waals surface area contributed by atoms with Crippen LogP contribution in [0.15, 0.2) is 67.4 Å². The van der Waals surface area contributed by atoms with Gasteiger partial charge in [-0.2, -0.15) is 5.10 Å². The summed E-state index contributed by atoms with van der Waals surface area (Å²) in [5.74, 6) is -0.872. The van der Waals surface area contributed by atoms with Crippen molar-refractivity contribution in [3.05, 3.63) is 72.9 Å². The fourth-order valence-corrected chi connectivity index (χ4v) is 3.63. The molecule has 0 aliphatic rings. The first kappa shape index (κ1) is 22.7. The summed E-state index contributed by atoms with van der Waals surface area (Å²) in [6.45, 7) is 3.10. The van der Waals surface area contributed by atoms with Crippen molar-refractivity contribution in [3.63, 3.8) is 0 Å². The summed E-state index contributed by atoms with van der Waals surface area (Å²) in [5, 5.41) is 13.3. The second kappa shape index (κ2) is 9.99. The Bertz CT molecular complexity index is 1300. The molecule has 10 nitrogen and oxygen atoms in total. The van der Waals surface area contributed by atoms with E-state index in [-0.39, 0.29) is 17.7 Å². The van der Waals surface area contributed by atoms with Crippen LogP contribution in [-0.4, -0.2) is 43.5 Å². The van der Waals surface area contributed by atoms with Crippen molar-refractivity contribution in [2.45, 2.75) is 32.4 Å². The zero-order valence-electron chi connectivity index (χ0n) is 18.8. The fourth-order valence-electron chi connectivity index (χ4n) is 3.63. The van der Waals surface area contributed by atoms with Gasteiger partial charge in [-0.3, -0.25) is 14.4 Å². The molecule has 0 unspecified atom stereocenters. The maximum absolute atomic E-state index is 13.0. The number of carbonyl (C=O) groups excluding carboxylic acids is 3. The lowest BCUT2D eigenvalue weighted by Crippen LogP contribution is -2.44. The Hall–Kier alpha value is -4.47. The van der Waals surface area contributed by atoms with E-state index in [1.54, 1.807) is 31.2 Å². The van der Waals surface area contributed by atoms with Crippen LogP contribution >= 0.6 is 0 Å².